The van der Waals surface area contributed by atoms with Crippen LogP contribution in [-0.2, 0) is 10.2 Å². The van der Waals surface area contributed by atoms with E-state index in [1.54, 1.807) is 0 Å². The molecule has 0 radical (unpaired) electrons. The van der Waals surface area contributed by atoms with E-state index in [0.717, 1.165) is 0 Å². The van der Waals surface area contributed by atoms with Gasteiger partial charge < -0.3 is 15.6 Å². The highest BCUT2D eigenvalue weighted by atomic mass is 16.5. The van der Waals surface area contributed by atoms with Crippen molar-refractivity contribution < 1.29 is 14.6 Å². The Balaban J connectivity index is 3.28. The van der Waals surface area contributed by atoms with E-state index in [9.17, 15) is 4.79 Å². The van der Waals surface area contributed by atoms with Crippen molar-refractivity contribution in [2.75, 3.05) is 7.11 Å². The quantitative estimate of drug-likeness (QED) is 0.812. The molecular weight excluding hydrogens is 222 g/mol. The molecule has 1 atom stereocenters. The average molecular weight is 239 g/mol. The summed E-state index contributed by atoms with van der Waals surface area (Å²) in [5.41, 5.74) is 5.47. The lowest BCUT2D eigenvalue weighted by atomic mass is 9.95. The number of rotatable bonds is 3. The maximum atomic E-state index is 10.8. The molecule has 1 aromatic heterocycles. The van der Waals surface area contributed by atoms with Crippen molar-refractivity contribution in [1.82, 2.24) is 9.97 Å². The van der Waals surface area contributed by atoms with Gasteiger partial charge in [-0.1, -0.05) is 20.8 Å². The van der Waals surface area contributed by atoms with E-state index in [2.05, 4.69) is 9.97 Å². The molecule has 1 rings (SSSR count). The van der Waals surface area contributed by atoms with Crippen molar-refractivity contribution in [2.24, 2.45) is 5.73 Å². The Labute approximate surface area is 99.8 Å². The summed E-state index contributed by atoms with van der Waals surface area (Å²) < 4.78 is 5.02. The molecule has 0 bridgehead atoms. The van der Waals surface area contributed by atoms with Gasteiger partial charge in [-0.2, -0.15) is 4.98 Å². The fraction of sp³-hybridized carbons (Fsp3) is 0.545. The van der Waals surface area contributed by atoms with Gasteiger partial charge in [0, 0.05) is 11.5 Å². The van der Waals surface area contributed by atoms with Crippen LogP contribution >= 0.6 is 0 Å². The topological polar surface area (TPSA) is 98.3 Å². The number of carboxylic acids is 1. The van der Waals surface area contributed by atoms with Crippen molar-refractivity contribution in [3.05, 3.63) is 17.6 Å². The zero-order valence-corrected chi connectivity index (χ0v) is 10.4. The molecule has 0 aliphatic carbocycles. The molecule has 94 valence electrons. The van der Waals surface area contributed by atoms with Crippen LogP contribution in [0.5, 0.6) is 5.88 Å². The number of carbonyl (C=O) groups is 1. The van der Waals surface area contributed by atoms with Crippen molar-refractivity contribution in [3.8, 4) is 5.88 Å². The van der Waals surface area contributed by atoms with Crippen LogP contribution in [0.1, 0.15) is 38.3 Å². The molecule has 0 saturated heterocycles. The third-order valence-corrected chi connectivity index (χ3v) is 2.19. The van der Waals surface area contributed by atoms with Crippen LogP contribution in [0.4, 0.5) is 0 Å². The molecule has 0 aliphatic heterocycles. The third-order valence-electron chi connectivity index (χ3n) is 2.19. The van der Waals surface area contributed by atoms with Gasteiger partial charge in [-0.15, -0.1) is 0 Å². The number of hydrogen-bond donors (Lipinski definition) is 2. The average Bonchev–Trinajstić information content (AvgIpc) is 2.26. The zero-order valence-electron chi connectivity index (χ0n) is 10.4. The van der Waals surface area contributed by atoms with Gasteiger partial charge in [-0.25, -0.2) is 4.98 Å². The van der Waals surface area contributed by atoms with Crippen LogP contribution in [0.15, 0.2) is 6.07 Å². The Hall–Kier alpha value is -1.69. The van der Waals surface area contributed by atoms with Crippen LogP contribution in [-0.4, -0.2) is 28.2 Å². The second kappa shape index (κ2) is 4.67. The van der Waals surface area contributed by atoms with E-state index >= 15 is 0 Å². The summed E-state index contributed by atoms with van der Waals surface area (Å²) in [4.78, 5) is 19.2. The van der Waals surface area contributed by atoms with Crippen LogP contribution < -0.4 is 10.5 Å². The van der Waals surface area contributed by atoms with E-state index in [1.807, 2.05) is 20.8 Å². The Kier molecular flexibility index (Phi) is 3.67. The number of ether oxygens (including phenoxy) is 1. The first-order valence-corrected chi connectivity index (χ1v) is 5.17. The molecular formula is C11H17N3O3. The highest BCUT2D eigenvalue weighted by Crippen LogP contribution is 2.23. The second-order valence-corrected chi connectivity index (χ2v) is 4.72. The maximum Gasteiger partial charge on any atom is 0.326 e. The standard InChI is InChI=1S/C11H17N3O3/c1-11(2,3)10-13-6(8(12)9(15)16)5-7(14-10)17-4/h5,8H,12H2,1-4H3,(H,15,16). The van der Waals surface area contributed by atoms with Crippen molar-refractivity contribution in [1.29, 1.82) is 0 Å². The maximum absolute atomic E-state index is 10.8. The smallest absolute Gasteiger partial charge is 0.326 e. The van der Waals surface area contributed by atoms with E-state index in [4.69, 9.17) is 15.6 Å². The Bertz CT molecular complexity index is 426. The highest BCUT2D eigenvalue weighted by molar-refractivity contribution is 5.74. The minimum Gasteiger partial charge on any atom is -0.481 e. The lowest BCUT2D eigenvalue weighted by molar-refractivity contribution is -0.138. The lowest BCUT2D eigenvalue weighted by Crippen LogP contribution is -2.25. The van der Waals surface area contributed by atoms with Gasteiger partial charge in [-0.3, -0.25) is 4.79 Å². The molecule has 3 N–H and O–H groups in total. The first kappa shape index (κ1) is 13.4. The Morgan fingerprint density at radius 1 is 1.47 bits per heavy atom. The molecule has 1 aromatic rings. The fourth-order valence-electron chi connectivity index (χ4n) is 1.17. The first-order chi connectivity index (χ1) is 7.75. The zero-order chi connectivity index (χ0) is 13.2. The van der Waals surface area contributed by atoms with Crippen molar-refractivity contribution >= 4 is 5.97 Å². The van der Waals surface area contributed by atoms with E-state index in [0.29, 0.717) is 11.7 Å². The predicted octanol–water partition coefficient (Wildman–Crippen LogP) is 0.867. The molecule has 0 saturated carbocycles. The molecule has 0 aromatic carbocycles. The molecule has 1 heterocycles. The van der Waals surface area contributed by atoms with E-state index in [1.165, 1.54) is 13.2 Å². The minimum atomic E-state index is -1.17. The normalized spacial score (nSPS) is 13.2. The number of nitrogens with zero attached hydrogens (tertiary/aromatic N) is 2. The molecule has 0 spiro atoms. The summed E-state index contributed by atoms with van der Waals surface area (Å²) in [5, 5.41) is 8.87. The Morgan fingerprint density at radius 3 is 2.47 bits per heavy atom. The van der Waals surface area contributed by atoms with Gasteiger partial charge in [0.15, 0.2) is 0 Å². The summed E-state index contributed by atoms with van der Waals surface area (Å²) in [5.74, 6) is -0.314. The van der Waals surface area contributed by atoms with Crippen molar-refractivity contribution in [2.45, 2.75) is 32.2 Å². The summed E-state index contributed by atoms with van der Waals surface area (Å²) in [6.45, 7) is 5.79. The molecule has 1 unspecified atom stereocenters. The summed E-state index contributed by atoms with van der Waals surface area (Å²) in [6.07, 6.45) is 0. The monoisotopic (exact) mass is 239 g/mol. The number of aromatic nitrogens is 2. The van der Waals surface area contributed by atoms with Crippen molar-refractivity contribution in [3.63, 3.8) is 0 Å². The number of carboxylic acid groups (broad SMARTS) is 1. The molecule has 6 heteroatoms. The second-order valence-electron chi connectivity index (χ2n) is 4.72. The van der Waals surface area contributed by atoms with Crippen LogP contribution in [0.25, 0.3) is 0 Å². The summed E-state index contributed by atoms with van der Waals surface area (Å²) in [6, 6.07) is 0.265. The fourth-order valence-corrected chi connectivity index (χ4v) is 1.17. The predicted molar refractivity (Wildman–Crippen MR) is 61.8 cm³/mol. The van der Waals surface area contributed by atoms with Gasteiger partial charge in [0.25, 0.3) is 0 Å². The molecule has 0 amide bonds. The summed E-state index contributed by atoms with van der Waals surface area (Å²) >= 11 is 0. The Morgan fingerprint density at radius 2 is 2.06 bits per heavy atom. The van der Waals surface area contributed by atoms with Crippen LogP contribution in [0.2, 0.25) is 0 Å². The molecule has 6 nitrogen and oxygen atoms in total. The van der Waals surface area contributed by atoms with Gasteiger partial charge in [0.05, 0.1) is 12.8 Å². The SMILES string of the molecule is COc1cc(C(N)C(=O)O)nc(C(C)(C)C)n1. The number of aliphatic carboxylic acids is 1. The van der Waals surface area contributed by atoms with Crippen LogP contribution in [0, 0.1) is 0 Å². The number of nitrogens with two attached hydrogens (primary N) is 1. The van der Waals surface area contributed by atoms with Crippen LogP contribution in [0.3, 0.4) is 0 Å². The first-order valence-electron chi connectivity index (χ1n) is 5.17. The van der Waals surface area contributed by atoms with Gasteiger partial charge in [0.2, 0.25) is 5.88 Å². The van der Waals surface area contributed by atoms with E-state index in [-0.39, 0.29) is 11.1 Å². The third kappa shape index (κ3) is 3.13. The lowest BCUT2D eigenvalue weighted by Gasteiger charge is -2.19. The largest absolute Gasteiger partial charge is 0.481 e. The summed E-state index contributed by atoms with van der Waals surface area (Å²) in [7, 11) is 1.46. The van der Waals surface area contributed by atoms with E-state index < -0.39 is 12.0 Å². The van der Waals surface area contributed by atoms with Gasteiger partial charge in [0.1, 0.15) is 11.9 Å². The van der Waals surface area contributed by atoms with Gasteiger partial charge >= 0.3 is 5.97 Å². The molecule has 0 fully saturated rings. The number of methoxy groups -OCH3 is 1. The number of hydrogen-bond acceptors (Lipinski definition) is 5. The minimum absolute atomic E-state index is 0.245. The highest BCUT2D eigenvalue weighted by Gasteiger charge is 2.23. The molecule has 0 aliphatic rings. The van der Waals surface area contributed by atoms with Gasteiger partial charge in [-0.05, 0) is 0 Å². The molecule has 17 heavy (non-hydrogen) atoms.